The molecule has 1 atom stereocenters. The third-order valence-electron chi connectivity index (χ3n) is 2.87. The van der Waals surface area contributed by atoms with Gasteiger partial charge < -0.3 is 5.11 Å². The molecule has 0 spiro atoms. The lowest BCUT2D eigenvalue weighted by Crippen LogP contribution is -2.37. The fourth-order valence-corrected chi connectivity index (χ4v) is 3.95. The molecule has 0 radical (unpaired) electrons. The monoisotopic (exact) mass is 206 g/mol. The second kappa shape index (κ2) is 2.97. The van der Waals surface area contributed by atoms with Gasteiger partial charge in [-0.25, -0.2) is 8.42 Å². The third kappa shape index (κ3) is 1.70. The second-order valence-corrected chi connectivity index (χ2v) is 6.14. The molecule has 1 N–H and O–H groups in total. The van der Waals surface area contributed by atoms with Crippen molar-refractivity contribution < 1.29 is 18.3 Å². The molecular weight excluding hydrogens is 192 g/mol. The van der Waals surface area contributed by atoms with E-state index in [0.29, 0.717) is 0 Å². The van der Waals surface area contributed by atoms with Crippen molar-refractivity contribution in [3.8, 4) is 0 Å². The summed E-state index contributed by atoms with van der Waals surface area (Å²) in [7, 11) is -3.12. The van der Waals surface area contributed by atoms with Crippen molar-refractivity contribution in [2.24, 2.45) is 11.3 Å². The highest BCUT2D eigenvalue weighted by molar-refractivity contribution is 7.91. The van der Waals surface area contributed by atoms with Crippen molar-refractivity contribution in [2.75, 3.05) is 11.5 Å². The summed E-state index contributed by atoms with van der Waals surface area (Å²) in [5, 5.41) is 9.00. The quantitative estimate of drug-likeness (QED) is 0.715. The lowest BCUT2D eigenvalue weighted by molar-refractivity contribution is -0.150. The topological polar surface area (TPSA) is 71.4 Å². The predicted molar refractivity (Wildman–Crippen MR) is 48.2 cm³/mol. The largest absolute Gasteiger partial charge is 0.481 e. The average Bonchev–Trinajstić information content (AvgIpc) is 2.27. The number of carbonyl (C=O) groups is 1. The highest BCUT2D eigenvalue weighted by Crippen LogP contribution is 2.39. The zero-order valence-corrected chi connectivity index (χ0v) is 8.60. The van der Waals surface area contributed by atoms with Crippen LogP contribution in [-0.2, 0) is 14.6 Å². The Labute approximate surface area is 77.9 Å². The van der Waals surface area contributed by atoms with Gasteiger partial charge in [0.15, 0.2) is 9.84 Å². The van der Waals surface area contributed by atoms with E-state index in [1.807, 2.05) is 0 Å². The number of carboxylic acid groups (broad SMARTS) is 1. The lowest BCUT2D eigenvalue weighted by Gasteiger charge is -2.26. The van der Waals surface area contributed by atoms with Crippen LogP contribution in [-0.4, -0.2) is 31.0 Å². The predicted octanol–water partition coefficient (Wildman–Crippen LogP) is 0.532. The molecule has 0 aliphatic carbocycles. The summed E-state index contributed by atoms with van der Waals surface area (Å²) in [6, 6.07) is 0. The smallest absolute Gasteiger partial charge is 0.310 e. The minimum atomic E-state index is -3.12. The first-order chi connectivity index (χ1) is 5.80. The molecule has 76 valence electrons. The summed E-state index contributed by atoms with van der Waals surface area (Å²) in [6.07, 6.45) is 0.252. The van der Waals surface area contributed by atoms with Crippen molar-refractivity contribution in [3.05, 3.63) is 0 Å². The van der Waals surface area contributed by atoms with Crippen molar-refractivity contribution in [2.45, 2.75) is 20.3 Å². The van der Waals surface area contributed by atoms with Crippen LogP contribution in [0.5, 0.6) is 0 Å². The number of rotatable bonds is 2. The van der Waals surface area contributed by atoms with Crippen LogP contribution in [0.2, 0.25) is 0 Å². The Bertz CT molecular complexity index is 317. The van der Waals surface area contributed by atoms with Crippen LogP contribution in [0.3, 0.4) is 0 Å². The molecule has 0 aromatic carbocycles. The zero-order valence-electron chi connectivity index (χ0n) is 7.78. The zero-order chi connectivity index (χ0) is 10.3. The Hall–Kier alpha value is -0.580. The normalized spacial score (nSPS) is 32.2. The molecule has 0 aromatic heterocycles. The van der Waals surface area contributed by atoms with E-state index in [0.717, 1.165) is 0 Å². The van der Waals surface area contributed by atoms with Gasteiger partial charge in [-0.15, -0.1) is 0 Å². The number of hydrogen-bond donors (Lipinski definition) is 1. The molecule has 1 fully saturated rings. The number of sulfone groups is 1. The van der Waals surface area contributed by atoms with Crippen LogP contribution in [0, 0.1) is 11.3 Å². The van der Waals surface area contributed by atoms with Crippen LogP contribution in [0.4, 0.5) is 0 Å². The first kappa shape index (κ1) is 10.5. The van der Waals surface area contributed by atoms with Crippen LogP contribution in [0.25, 0.3) is 0 Å². The Balaban J connectivity index is 3.04. The van der Waals surface area contributed by atoms with Gasteiger partial charge in [0.05, 0.1) is 16.9 Å². The summed E-state index contributed by atoms with van der Waals surface area (Å²) in [5.74, 6) is -1.31. The van der Waals surface area contributed by atoms with Gasteiger partial charge in [-0.2, -0.15) is 0 Å². The molecule has 1 unspecified atom stereocenters. The fourth-order valence-electron chi connectivity index (χ4n) is 1.75. The maximum Gasteiger partial charge on any atom is 0.310 e. The number of hydrogen-bond acceptors (Lipinski definition) is 3. The van der Waals surface area contributed by atoms with Crippen LogP contribution in [0.1, 0.15) is 20.3 Å². The SMILES string of the molecule is CC(C)C1(C(=O)O)CCS(=O)(=O)C1. The number of carboxylic acids is 1. The fraction of sp³-hybridized carbons (Fsp3) is 0.875. The molecule has 1 aliphatic heterocycles. The molecule has 0 saturated carbocycles. The van der Waals surface area contributed by atoms with Gasteiger partial charge in [-0.05, 0) is 12.3 Å². The van der Waals surface area contributed by atoms with E-state index in [1.165, 1.54) is 0 Å². The van der Waals surface area contributed by atoms with Gasteiger partial charge in [-0.3, -0.25) is 4.79 Å². The lowest BCUT2D eigenvalue weighted by atomic mass is 9.77. The first-order valence-corrected chi connectivity index (χ1v) is 6.06. The van der Waals surface area contributed by atoms with E-state index >= 15 is 0 Å². The van der Waals surface area contributed by atoms with Crippen LogP contribution < -0.4 is 0 Å². The van der Waals surface area contributed by atoms with Crippen LogP contribution >= 0.6 is 0 Å². The Morgan fingerprint density at radius 1 is 1.46 bits per heavy atom. The highest BCUT2D eigenvalue weighted by Gasteiger charge is 2.50. The maximum absolute atomic E-state index is 11.2. The highest BCUT2D eigenvalue weighted by atomic mass is 32.2. The standard InChI is InChI=1S/C8H14O4S/c1-6(2)8(7(9)10)3-4-13(11,12)5-8/h6H,3-5H2,1-2H3,(H,9,10). The molecule has 1 saturated heterocycles. The minimum Gasteiger partial charge on any atom is -0.481 e. The summed E-state index contributed by atoms with van der Waals surface area (Å²) >= 11 is 0. The van der Waals surface area contributed by atoms with Crippen molar-refractivity contribution in [1.29, 1.82) is 0 Å². The van der Waals surface area contributed by atoms with Crippen LogP contribution in [0.15, 0.2) is 0 Å². The van der Waals surface area contributed by atoms with E-state index in [-0.39, 0.29) is 23.8 Å². The van der Waals surface area contributed by atoms with Gasteiger partial charge in [0, 0.05) is 0 Å². The summed E-state index contributed by atoms with van der Waals surface area (Å²) in [4.78, 5) is 11.0. The average molecular weight is 206 g/mol. The maximum atomic E-state index is 11.2. The summed E-state index contributed by atoms with van der Waals surface area (Å²) in [5.41, 5.74) is -1.04. The Morgan fingerprint density at radius 2 is 2.00 bits per heavy atom. The molecule has 5 heteroatoms. The molecule has 0 aromatic rings. The molecular formula is C8H14O4S. The van der Waals surface area contributed by atoms with Gasteiger partial charge >= 0.3 is 5.97 Å². The summed E-state index contributed by atoms with van der Waals surface area (Å²) in [6.45, 7) is 3.52. The van der Waals surface area contributed by atoms with Gasteiger partial charge in [0.25, 0.3) is 0 Å². The van der Waals surface area contributed by atoms with E-state index < -0.39 is 21.2 Å². The minimum absolute atomic E-state index is 0.0114. The number of aliphatic carboxylic acids is 1. The van der Waals surface area contributed by atoms with Gasteiger partial charge in [-0.1, -0.05) is 13.8 Å². The Kier molecular flexibility index (Phi) is 2.40. The third-order valence-corrected chi connectivity index (χ3v) is 4.65. The molecule has 0 amide bonds. The molecule has 1 rings (SSSR count). The molecule has 13 heavy (non-hydrogen) atoms. The molecule has 4 nitrogen and oxygen atoms in total. The van der Waals surface area contributed by atoms with E-state index in [4.69, 9.17) is 5.11 Å². The second-order valence-electron chi connectivity index (χ2n) is 3.96. The van der Waals surface area contributed by atoms with Gasteiger partial charge in [0.1, 0.15) is 0 Å². The Morgan fingerprint density at radius 3 is 2.15 bits per heavy atom. The summed E-state index contributed by atoms with van der Waals surface area (Å²) < 4.78 is 22.4. The van der Waals surface area contributed by atoms with E-state index in [2.05, 4.69) is 0 Å². The van der Waals surface area contributed by atoms with Crippen molar-refractivity contribution >= 4 is 15.8 Å². The first-order valence-electron chi connectivity index (χ1n) is 4.24. The molecule has 1 aliphatic rings. The van der Waals surface area contributed by atoms with E-state index in [9.17, 15) is 13.2 Å². The van der Waals surface area contributed by atoms with Crippen molar-refractivity contribution in [1.82, 2.24) is 0 Å². The van der Waals surface area contributed by atoms with Gasteiger partial charge in [0.2, 0.25) is 0 Å². The van der Waals surface area contributed by atoms with E-state index in [1.54, 1.807) is 13.8 Å². The molecule has 1 heterocycles. The van der Waals surface area contributed by atoms with Crippen molar-refractivity contribution in [3.63, 3.8) is 0 Å². The molecule has 0 bridgehead atoms.